The monoisotopic (exact) mass is 299 g/mol. The largest absolute Gasteiger partial charge is 0.506 e. The Bertz CT molecular complexity index is 630. The van der Waals surface area contributed by atoms with Gasteiger partial charge in [0.15, 0.2) is 11.0 Å². The van der Waals surface area contributed by atoms with Crippen LogP contribution in [0.4, 0.5) is 0 Å². The molecule has 100 valence electrons. The summed E-state index contributed by atoms with van der Waals surface area (Å²) < 4.78 is 1.50. The van der Waals surface area contributed by atoms with Crippen molar-refractivity contribution in [3.05, 3.63) is 23.2 Å². The minimum atomic E-state index is -0.915. The van der Waals surface area contributed by atoms with E-state index in [1.165, 1.54) is 10.7 Å². The average molecular weight is 300 g/mol. The zero-order valence-electron chi connectivity index (χ0n) is 9.87. The number of rotatable bonds is 4. The van der Waals surface area contributed by atoms with Gasteiger partial charge in [-0.1, -0.05) is 23.4 Å². The van der Waals surface area contributed by atoms with Crippen molar-refractivity contribution in [2.75, 3.05) is 5.75 Å². The van der Waals surface area contributed by atoms with Gasteiger partial charge in [-0.15, -0.1) is 0 Å². The number of halogens is 1. The molecule has 0 saturated heterocycles. The minimum Gasteiger partial charge on any atom is -0.506 e. The maximum Gasteiger partial charge on any atom is 0.313 e. The number of phenolic OH excluding ortho intramolecular Hbond substituents is 1. The molecule has 6 nitrogen and oxygen atoms in total. The van der Waals surface area contributed by atoms with E-state index in [0.29, 0.717) is 16.5 Å². The molecule has 0 aliphatic heterocycles. The maximum absolute atomic E-state index is 10.5. The molecule has 0 spiro atoms. The van der Waals surface area contributed by atoms with Crippen LogP contribution < -0.4 is 0 Å². The molecule has 0 fully saturated rings. The number of phenols is 1. The Hall–Kier alpha value is -1.73. The number of nitrogens with zero attached hydrogens (tertiary/aromatic N) is 3. The van der Waals surface area contributed by atoms with Crippen molar-refractivity contribution >= 4 is 29.3 Å². The van der Waals surface area contributed by atoms with E-state index in [4.69, 9.17) is 16.7 Å². The van der Waals surface area contributed by atoms with Gasteiger partial charge in [-0.05, 0) is 18.2 Å². The third-order valence-corrected chi connectivity index (χ3v) is 3.56. The van der Waals surface area contributed by atoms with Gasteiger partial charge in [0.1, 0.15) is 5.75 Å². The highest BCUT2D eigenvalue weighted by Gasteiger charge is 2.12. The lowest BCUT2D eigenvalue weighted by Gasteiger charge is -1.98. The molecule has 2 N–H and O–H groups in total. The van der Waals surface area contributed by atoms with Gasteiger partial charge in [0.05, 0.1) is 10.8 Å². The van der Waals surface area contributed by atoms with Crippen molar-refractivity contribution in [2.45, 2.75) is 5.16 Å². The topological polar surface area (TPSA) is 88.2 Å². The first kappa shape index (κ1) is 13.7. The third-order valence-electron chi connectivity index (χ3n) is 2.25. The van der Waals surface area contributed by atoms with Crippen LogP contribution in [0.5, 0.6) is 5.75 Å². The molecule has 1 aromatic carbocycles. The van der Waals surface area contributed by atoms with E-state index in [1.54, 1.807) is 19.2 Å². The normalized spacial score (nSPS) is 10.6. The summed E-state index contributed by atoms with van der Waals surface area (Å²) in [5, 5.41) is 22.9. The number of aromatic hydroxyl groups is 1. The van der Waals surface area contributed by atoms with Gasteiger partial charge in [-0.2, -0.15) is 5.10 Å². The predicted octanol–water partition coefficient (Wildman–Crippen LogP) is 2.02. The Morgan fingerprint density at radius 2 is 2.26 bits per heavy atom. The Kier molecular flexibility index (Phi) is 3.96. The zero-order chi connectivity index (χ0) is 14.0. The average Bonchev–Trinajstić information content (AvgIpc) is 2.71. The van der Waals surface area contributed by atoms with Crippen LogP contribution in [-0.4, -0.2) is 36.7 Å². The van der Waals surface area contributed by atoms with Crippen molar-refractivity contribution in [2.24, 2.45) is 7.05 Å². The highest BCUT2D eigenvalue weighted by atomic mass is 35.5. The van der Waals surface area contributed by atoms with Crippen molar-refractivity contribution in [1.82, 2.24) is 14.8 Å². The molecular formula is C11H10ClN3O3S. The number of carboxylic acid groups (broad SMARTS) is 1. The number of hydrogen-bond donors (Lipinski definition) is 2. The smallest absolute Gasteiger partial charge is 0.313 e. The minimum absolute atomic E-state index is 0.0122. The SMILES string of the molecule is Cn1nc(-c2ccc(O)c(Cl)c2)nc1SCC(=O)O. The van der Waals surface area contributed by atoms with Gasteiger partial charge in [-0.3, -0.25) is 4.79 Å². The van der Waals surface area contributed by atoms with Crippen LogP contribution >= 0.6 is 23.4 Å². The molecule has 1 aromatic heterocycles. The second-order valence-corrected chi connectivity index (χ2v) is 5.04. The fraction of sp³-hybridized carbons (Fsp3) is 0.182. The highest BCUT2D eigenvalue weighted by Crippen LogP contribution is 2.28. The molecule has 0 aliphatic rings. The first-order valence-electron chi connectivity index (χ1n) is 5.22. The van der Waals surface area contributed by atoms with E-state index in [0.717, 1.165) is 11.8 Å². The van der Waals surface area contributed by atoms with Gasteiger partial charge in [-0.25, -0.2) is 9.67 Å². The van der Waals surface area contributed by atoms with Crippen LogP contribution in [-0.2, 0) is 11.8 Å². The van der Waals surface area contributed by atoms with Crippen LogP contribution in [0.2, 0.25) is 5.02 Å². The zero-order valence-corrected chi connectivity index (χ0v) is 11.4. The summed E-state index contributed by atoms with van der Waals surface area (Å²) in [5.41, 5.74) is 0.653. The Morgan fingerprint density at radius 3 is 2.89 bits per heavy atom. The number of aliphatic carboxylic acids is 1. The third kappa shape index (κ3) is 3.18. The molecule has 0 bridgehead atoms. The standard InChI is InChI=1S/C11H10ClN3O3S/c1-15-11(19-5-9(17)18)13-10(14-15)6-2-3-8(16)7(12)4-6/h2-4,16H,5H2,1H3,(H,17,18). The summed E-state index contributed by atoms with van der Waals surface area (Å²) in [5.74, 6) is -0.580. The lowest BCUT2D eigenvalue weighted by molar-refractivity contribution is -0.133. The van der Waals surface area contributed by atoms with Gasteiger partial charge < -0.3 is 10.2 Å². The Labute approximate surface area is 118 Å². The summed E-state index contributed by atoms with van der Waals surface area (Å²) in [6, 6.07) is 4.65. The molecule has 0 unspecified atom stereocenters. The molecule has 0 atom stereocenters. The van der Waals surface area contributed by atoms with Crippen molar-refractivity contribution < 1.29 is 15.0 Å². The summed E-state index contributed by atoms with van der Waals surface area (Å²) in [6.07, 6.45) is 0. The summed E-state index contributed by atoms with van der Waals surface area (Å²) in [4.78, 5) is 14.8. The summed E-state index contributed by atoms with van der Waals surface area (Å²) >= 11 is 6.90. The van der Waals surface area contributed by atoms with E-state index >= 15 is 0 Å². The molecule has 0 radical (unpaired) electrons. The van der Waals surface area contributed by atoms with Crippen LogP contribution in [0.15, 0.2) is 23.4 Å². The second kappa shape index (κ2) is 5.50. The van der Waals surface area contributed by atoms with Gasteiger partial charge >= 0.3 is 5.97 Å². The van der Waals surface area contributed by atoms with Crippen molar-refractivity contribution in [3.8, 4) is 17.1 Å². The van der Waals surface area contributed by atoms with Gasteiger partial charge in [0, 0.05) is 12.6 Å². The Morgan fingerprint density at radius 1 is 1.53 bits per heavy atom. The fourth-order valence-electron chi connectivity index (χ4n) is 1.39. The predicted molar refractivity (Wildman–Crippen MR) is 71.5 cm³/mol. The lowest BCUT2D eigenvalue weighted by atomic mass is 10.2. The number of carboxylic acids is 1. The molecule has 1 heterocycles. The number of thioether (sulfide) groups is 1. The lowest BCUT2D eigenvalue weighted by Crippen LogP contribution is -2.00. The molecular weight excluding hydrogens is 290 g/mol. The van der Waals surface area contributed by atoms with Gasteiger partial charge in [0.2, 0.25) is 0 Å². The highest BCUT2D eigenvalue weighted by molar-refractivity contribution is 7.99. The Balaban J connectivity index is 2.28. The quantitative estimate of drug-likeness (QED) is 0.840. The second-order valence-electron chi connectivity index (χ2n) is 3.69. The van der Waals surface area contributed by atoms with E-state index < -0.39 is 5.97 Å². The molecule has 8 heteroatoms. The van der Waals surface area contributed by atoms with Crippen molar-refractivity contribution in [3.63, 3.8) is 0 Å². The molecule has 2 rings (SSSR count). The van der Waals surface area contributed by atoms with Gasteiger partial charge in [0.25, 0.3) is 0 Å². The summed E-state index contributed by atoms with van der Waals surface area (Å²) in [6.45, 7) is 0. The fourth-order valence-corrected chi connectivity index (χ4v) is 2.20. The number of aryl methyl sites for hydroxylation is 1. The first-order valence-corrected chi connectivity index (χ1v) is 6.58. The summed E-state index contributed by atoms with van der Waals surface area (Å²) in [7, 11) is 1.68. The molecule has 0 amide bonds. The molecule has 0 aliphatic carbocycles. The molecule has 0 saturated carbocycles. The van der Waals surface area contributed by atoms with E-state index in [-0.39, 0.29) is 16.5 Å². The van der Waals surface area contributed by atoms with Crippen LogP contribution in [0.3, 0.4) is 0 Å². The number of aromatic nitrogens is 3. The number of benzene rings is 1. The molecule has 19 heavy (non-hydrogen) atoms. The van der Waals surface area contributed by atoms with E-state index in [2.05, 4.69) is 10.1 Å². The number of carbonyl (C=O) groups is 1. The number of hydrogen-bond acceptors (Lipinski definition) is 5. The van der Waals surface area contributed by atoms with Crippen LogP contribution in [0.1, 0.15) is 0 Å². The van der Waals surface area contributed by atoms with Crippen molar-refractivity contribution in [1.29, 1.82) is 0 Å². The van der Waals surface area contributed by atoms with E-state index in [9.17, 15) is 9.90 Å². The maximum atomic E-state index is 10.5. The van der Waals surface area contributed by atoms with Crippen LogP contribution in [0, 0.1) is 0 Å². The van der Waals surface area contributed by atoms with E-state index in [1.807, 2.05) is 0 Å². The van der Waals surface area contributed by atoms with Crippen LogP contribution in [0.25, 0.3) is 11.4 Å². The first-order chi connectivity index (χ1) is 8.97. The molecule has 2 aromatic rings.